The number of piperidine rings is 1. The van der Waals surface area contributed by atoms with E-state index in [2.05, 4.69) is 56.4 Å². The minimum atomic E-state index is 0.00209. The van der Waals surface area contributed by atoms with Crippen molar-refractivity contribution in [3.8, 4) is 0 Å². The van der Waals surface area contributed by atoms with Crippen LogP contribution in [0, 0.1) is 19.8 Å². The number of aromatic amines is 1. The molecular formula is C26H29N5O. The number of aryl methyl sites for hydroxylation is 3. The Morgan fingerprint density at radius 1 is 1.06 bits per heavy atom. The fourth-order valence-corrected chi connectivity index (χ4v) is 4.80. The van der Waals surface area contributed by atoms with Crippen molar-refractivity contribution in [2.45, 2.75) is 40.0 Å². The minimum Gasteiger partial charge on any atom is -0.354 e. The van der Waals surface area contributed by atoms with Crippen molar-refractivity contribution in [1.82, 2.24) is 15.0 Å². The molecule has 1 aliphatic heterocycles. The number of nitrogens with zero attached hydrogens (tertiary/aromatic N) is 3. The van der Waals surface area contributed by atoms with Crippen molar-refractivity contribution in [2.24, 2.45) is 5.92 Å². The van der Waals surface area contributed by atoms with Crippen LogP contribution in [0.3, 0.4) is 0 Å². The summed E-state index contributed by atoms with van der Waals surface area (Å²) < 4.78 is 0. The first-order valence-corrected chi connectivity index (χ1v) is 11.4. The van der Waals surface area contributed by atoms with E-state index in [0.29, 0.717) is 0 Å². The first-order valence-electron chi connectivity index (χ1n) is 11.4. The Kier molecular flexibility index (Phi) is 5.29. The smallest absolute Gasteiger partial charge is 0.227 e. The van der Waals surface area contributed by atoms with E-state index in [1.54, 1.807) is 0 Å². The third kappa shape index (κ3) is 3.81. The standard InChI is InChI=1S/C26H29N5O/c1-4-18-6-5-7-22-21-9-8-20(15-23(21)30-24(18)22)29-25(32)19-10-12-31(13-11-19)26-27-16(2)14-17(3)28-26/h5-9,14-15,19,30H,4,10-13H2,1-3H3,(H,29,32). The Bertz CT molecular complexity index is 1280. The van der Waals surface area contributed by atoms with Gasteiger partial charge in [0.25, 0.3) is 0 Å². The maximum atomic E-state index is 13.0. The highest BCUT2D eigenvalue weighted by Crippen LogP contribution is 2.30. The molecule has 5 rings (SSSR count). The Morgan fingerprint density at radius 2 is 1.81 bits per heavy atom. The number of hydrogen-bond acceptors (Lipinski definition) is 4. The average molecular weight is 428 g/mol. The fourth-order valence-electron chi connectivity index (χ4n) is 4.80. The van der Waals surface area contributed by atoms with Crippen molar-refractivity contribution in [3.63, 3.8) is 0 Å². The van der Waals surface area contributed by atoms with Crippen LogP contribution in [0.25, 0.3) is 21.8 Å². The maximum Gasteiger partial charge on any atom is 0.227 e. The fraction of sp³-hybridized carbons (Fsp3) is 0.346. The molecule has 2 aromatic heterocycles. The number of fused-ring (bicyclic) bond motifs is 3. The number of H-pyrrole nitrogens is 1. The minimum absolute atomic E-state index is 0.00209. The van der Waals surface area contributed by atoms with Gasteiger partial charge in [0.2, 0.25) is 11.9 Å². The summed E-state index contributed by atoms with van der Waals surface area (Å²) in [5.41, 5.74) is 6.35. The Labute approximate surface area is 188 Å². The highest BCUT2D eigenvalue weighted by atomic mass is 16.1. The zero-order valence-electron chi connectivity index (χ0n) is 18.9. The van der Waals surface area contributed by atoms with Gasteiger partial charge >= 0.3 is 0 Å². The summed E-state index contributed by atoms with van der Waals surface area (Å²) in [4.78, 5) is 27.8. The molecule has 1 fully saturated rings. The second-order valence-corrected chi connectivity index (χ2v) is 8.78. The lowest BCUT2D eigenvalue weighted by atomic mass is 9.96. The molecule has 0 bridgehead atoms. The number of rotatable bonds is 4. The van der Waals surface area contributed by atoms with Gasteiger partial charge in [-0.05, 0) is 56.9 Å². The monoisotopic (exact) mass is 427 g/mol. The molecule has 0 atom stereocenters. The van der Waals surface area contributed by atoms with Crippen LogP contribution in [0.5, 0.6) is 0 Å². The van der Waals surface area contributed by atoms with Gasteiger partial charge in [0.05, 0.1) is 0 Å². The number of para-hydroxylation sites is 1. The molecule has 3 heterocycles. The largest absolute Gasteiger partial charge is 0.354 e. The van der Waals surface area contributed by atoms with Gasteiger partial charge in [0.1, 0.15) is 0 Å². The maximum absolute atomic E-state index is 13.0. The Balaban J connectivity index is 1.28. The summed E-state index contributed by atoms with van der Waals surface area (Å²) in [6.45, 7) is 7.74. The van der Waals surface area contributed by atoms with E-state index in [-0.39, 0.29) is 11.8 Å². The molecule has 0 aliphatic carbocycles. The zero-order chi connectivity index (χ0) is 22.2. The first-order chi connectivity index (χ1) is 15.5. The van der Waals surface area contributed by atoms with Crippen LogP contribution in [0.4, 0.5) is 11.6 Å². The second-order valence-electron chi connectivity index (χ2n) is 8.78. The molecule has 6 heteroatoms. The van der Waals surface area contributed by atoms with Gasteiger partial charge in [0, 0.05) is 57.9 Å². The van der Waals surface area contributed by atoms with Crippen LogP contribution < -0.4 is 10.2 Å². The number of anilines is 2. The predicted octanol–water partition coefficient (Wildman–Crippen LogP) is 5.15. The van der Waals surface area contributed by atoms with Crippen LogP contribution >= 0.6 is 0 Å². The van der Waals surface area contributed by atoms with Crippen LogP contribution in [0.15, 0.2) is 42.5 Å². The molecular weight excluding hydrogens is 398 g/mol. The summed E-state index contributed by atoms with van der Waals surface area (Å²) in [5, 5.41) is 5.57. The molecule has 1 saturated heterocycles. The molecule has 0 spiro atoms. The van der Waals surface area contributed by atoms with E-state index in [1.165, 1.54) is 21.9 Å². The van der Waals surface area contributed by atoms with E-state index < -0.39 is 0 Å². The highest BCUT2D eigenvalue weighted by Gasteiger charge is 2.26. The SMILES string of the molecule is CCc1cccc2c1[nH]c1cc(NC(=O)C3CCN(c4nc(C)cc(C)n4)CC3)ccc12. The summed E-state index contributed by atoms with van der Waals surface area (Å²) in [6, 6.07) is 14.6. The molecule has 1 aliphatic rings. The lowest BCUT2D eigenvalue weighted by molar-refractivity contribution is -0.120. The zero-order valence-corrected chi connectivity index (χ0v) is 18.9. The normalized spacial score (nSPS) is 14.9. The van der Waals surface area contributed by atoms with Crippen molar-refractivity contribution in [2.75, 3.05) is 23.3 Å². The van der Waals surface area contributed by atoms with Gasteiger partial charge in [-0.1, -0.05) is 31.2 Å². The van der Waals surface area contributed by atoms with E-state index in [4.69, 9.17) is 0 Å². The number of amides is 1. The van der Waals surface area contributed by atoms with E-state index in [1.807, 2.05) is 32.0 Å². The first kappa shape index (κ1) is 20.5. The molecule has 2 aromatic carbocycles. The number of carbonyl (C=O) groups excluding carboxylic acids is 1. The molecule has 0 unspecified atom stereocenters. The topological polar surface area (TPSA) is 73.9 Å². The number of aromatic nitrogens is 3. The summed E-state index contributed by atoms with van der Waals surface area (Å²) in [7, 11) is 0. The van der Waals surface area contributed by atoms with E-state index in [9.17, 15) is 4.79 Å². The van der Waals surface area contributed by atoms with Crippen LogP contribution in [-0.2, 0) is 11.2 Å². The molecule has 4 aromatic rings. The summed E-state index contributed by atoms with van der Waals surface area (Å²) in [6.07, 6.45) is 2.59. The van der Waals surface area contributed by atoms with Crippen molar-refractivity contribution < 1.29 is 4.79 Å². The lowest BCUT2D eigenvalue weighted by Crippen LogP contribution is -2.39. The molecule has 164 valence electrons. The van der Waals surface area contributed by atoms with E-state index >= 15 is 0 Å². The van der Waals surface area contributed by atoms with Gasteiger partial charge in [-0.25, -0.2) is 9.97 Å². The Morgan fingerprint density at radius 3 is 2.53 bits per heavy atom. The second kappa shape index (κ2) is 8.26. The Hall–Kier alpha value is -3.41. The van der Waals surface area contributed by atoms with Gasteiger partial charge in [-0.2, -0.15) is 0 Å². The molecule has 6 nitrogen and oxygen atoms in total. The third-order valence-corrected chi connectivity index (χ3v) is 6.49. The summed E-state index contributed by atoms with van der Waals surface area (Å²) in [5.74, 6) is 0.870. The van der Waals surface area contributed by atoms with Crippen molar-refractivity contribution in [1.29, 1.82) is 0 Å². The van der Waals surface area contributed by atoms with Crippen molar-refractivity contribution in [3.05, 3.63) is 59.4 Å². The van der Waals surface area contributed by atoms with Gasteiger partial charge in [-0.3, -0.25) is 4.79 Å². The van der Waals surface area contributed by atoms with E-state index in [0.717, 1.165) is 60.9 Å². The lowest BCUT2D eigenvalue weighted by Gasteiger charge is -2.31. The number of benzene rings is 2. The van der Waals surface area contributed by atoms with Gasteiger partial charge < -0.3 is 15.2 Å². The number of carbonyl (C=O) groups is 1. The average Bonchev–Trinajstić information content (AvgIpc) is 3.16. The quantitative estimate of drug-likeness (QED) is 0.473. The molecule has 0 radical (unpaired) electrons. The number of nitrogens with one attached hydrogen (secondary N) is 2. The van der Waals surface area contributed by atoms with Crippen LogP contribution in [-0.4, -0.2) is 33.9 Å². The third-order valence-electron chi connectivity index (χ3n) is 6.49. The van der Waals surface area contributed by atoms with Crippen LogP contribution in [0.2, 0.25) is 0 Å². The molecule has 2 N–H and O–H groups in total. The molecule has 32 heavy (non-hydrogen) atoms. The van der Waals surface area contributed by atoms with Gasteiger partial charge in [-0.15, -0.1) is 0 Å². The number of hydrogen-bond donors (Lipinski definition) is 2. The van der Waals surface area contributed by atoms with Crippen LogP contribution in [0.1, 0.15) is 36.7 Å². The summed E-state index contributed by atoms with van der Waals surface area (Å²) >= 11 is 0. The van der Waals surface area contributed by atoms with Gasteiger partial charge in [0.15, 0.2) is 0 Å². The van der Waals surface area contributed by atoms with Crippen molar-refractivity contribution >= 4 is 39.3 Å². The molecule has 0 saturated carbocycles. The highest BCUT2D eigenvalue weighted by molar-refractivity contribution is 6.09. The predicted molar refractivity (Wildman–Crippen MR) is 130 cm³/mol. The molecule has 1 amide bonds.